The van der Waals surface area contributed by atoms with Crippen LogP contribution in [0.5, 0.6) is 0 Å². The summed E-state index contributed by atoms with van der Waals surface area (Å²) in [6.45, 7) is 0.371. The summed E-state index contributed by atoms with van der Waals surface area (Å²) in [6.07, 6.45) is 7.92. The van der Waals surface area contributed by atoms with Crippen molar-refractivity contribution in [3.8, 4) is 0 Å². The highest BCUT2D eigenvalue weighted by Gasteiger charge is 2.00. The maximum absolute atomic E-state index is 10.7. The van der Waals surface area contributed by atoms with E-state index < -0.39 is 0 Å². The van der Waals surface area contributed by atoms with Gasteiger partial charge in [-0.15, -0.1) is 0 Å². The maximum atomic E-state index is 10.7. The van der Waals surface area contributed by atoms with E-state index >= 15 is 0 Å². The Morgan fingerprint density at radius 2 is 2.50 bits per heavy atom. The Balaban J connectivity index is 2.27. The van der Waals surface area contributed by atoms with Gasteiger partial charge in [-0.2, -0.15) is 0 Å². The normalized spacial score (nSPS) is 15.2. The average molecular weight is 167 g/mol. The first kappa shape index (κ1) is 8.84. The van der Waals surface area contributed by atoms with Crippen molar-refractivity contribution in [3.05, 3.63) is 23.8 Å². The number of alkyl carbamates (subject to hydrolysis) is 1. The number of carbonyl (C=O) groups is 1. The standard InChI is InChI=1S/C9H13NO2/c1-10-9(11)12-7-8-5-3-2-4-6-8/h3,5-6H,2,4,7H2,1H3,(H,10,11). The molecule has 1 amide bonds. The molecule has 0 saturated carbocycles. The van der Waals surface area contributed by atoms with Crippen LogP contribution in [-0.4, -0.2) is 19.7 Å². The number of allylic oxidation sites excluding steroid dienone is 2. The molecule has 1 N–H and O–H groups in total. The minimum atomic E-state index is -0.380. The van der Waals surface area contributed by atoms with Gasteiger partial charge in [0.15, 0.2) is 0 Å². The van der Waals surface area contributed by atoms with Gasteiger partial charge < -0.3 is 10.1 Å². The van der Waals surface area contributed by atoms with Crippen LogP contribution in [0.15, 0.2) is 23.8 Å². The Morgan fingerprint density at radius 3 is 3.08 bits per heavy atom. The summed E-state index contributed by atoms with van der Waals surface area (Å²) >= 11 is 0. The van der Waals surface area contributed by atoms with Crippen LogP contribution in [0.25, 0.3) is 0 Å². The minimum Gasteiger partial charge on any atom is -0.445 e. The van der Waals surface area contributed by atoms with Gasteiger partial charge in [0, 0.05) is 7.05 Å². The van der Waals surface area contributed by atoms with E-state index in [-0.39, 0.29) is 6.09 Å². The van der Waals surface area contributed by atoms with E-state index in [4.69, 9.17) is 4.74 Å². The second kappa shape index (κ2) is 4.59. The summed E-state index contributed by atoms with van der Waals surface area (Å²) in [5, 5.41) is 2.39. The van der Waals surface area contributed by atoms with E-state index in [1.54, 1.807) is 7.05 Å². The van der Waals surface area contributed by atoms with Crippen LogP contribution in [0.2, 0.25) is 0 Å². The van der Waals surface area contributed by atoms with Gasteiger partial charge in [0.1, 0.15) is 6.61 Å². The molecule has 0 saturated heterocycles. The lowest BCUT2D eigenvalue weighted by molar-refractivity contribution is 0.159. The molecule has 12 heavy (non-hydrogen) atoms. The van der Waals surface area contributed by atoms with Crippen LogP contribution < -0.4 is 5.32 Å². The number of nitrogens with one attached hydrogen (secondary N) is 1. The van der Waals surface area contributed by atoms with Gasteiger partial charge in [-0.05, 0) is 18.4 Å². The molecule has 0 heterocycles. The number of amides is 1. The van der Waals surface area contributed by atoms with Gasteiger partial charge >= 0.3 is 6.09 Å². The zero-order valence-corrected chi connectivity index (χ0v) is 7.17. The van der Waals surface area contributed by atoms with Crippen molar-refractivity contribution >= 4 is 6.09 Å². The van der Waals surface area contributed by atoms with E-state index in [1.807, 2.05) is 6.08 Å². The van der Waals surface area contributed by atoms with Crippen molar-refractivity contribution in [1.29, 1.82) is 0 Å². The maximum Gasteiger partial charge on any atom is 0.407 e. The lowest BCUT2D eigenvalue weighted by Crippen LogP contribution is -2.20. The van der Waals surface area contributed by atoms with E-state index in [0.717, 1.165) is 18.4 Å². The quantitative estimate of drug-likeness (QED) is 0.678. The van der Waals surface area contributed by atoms with Crippen molar-refractivity contribution in [2.75, 3.05) is 13.7 Å². The molecule has 0 aromatic heterocycles. The first-order chi connectivity index (χ1) is 5.83. The number of hydrogen-bond donors (Lipinski definition) is 1. The molecule has 0 fully saturated rings. The van der Waals surface area contributed by atoms with Gasteiger partial charge in [-0.25, -0.2) is 4.79 Å². The molecule has 1 aliphatic carbocycles. The first-order valence-corrected chi connectivity index (χ1v) is 4.03. The predicted molar refractivity (Wildman–Crippen MR) is 46.9 cm³/mol. The number of ether oxygens (including phenoxy) is 1. The third kappa shape index (κ3) is 2.78. The summed E-state index contributed by atoms with van der Waals surface area (Å²) in [5.41, 5.74) is 1.07. The topological polar surface area (TPSA) is 38.3 Å². The summed E-state index contributed by atoms with van der Waals surface area (Å²) in [6, 6.07) is 0. The highest BCUT2D eigenvalue weighted by molar-refractivity contribution is 5.66. The van der Waals surface area contributed by atoms with E-state index in [2.05, 4.69) is 17.5 Å². The zero-order chi connectivity index (χ0) is 8.81. The first-order valence-electron chi connectivity index (χ1n) is 4.03. The van der Waals surface area contributed by atoms with Crippen LogP contribution in [-0.2, 0) is 4.74 Å². The van der Waals surface area contributed by atoms with Gasteiger partial charge in [0.25, 0.3) is 0 Å². The lowest BCUT2D eigenvalue weighted by atomic mass is 10.1. The molecule has 0 spiro atoms. The molecule has 0 aromatic carbocycles. The van der Waals surface area contributed by atoms with Gasteiger partial charge in [-0.1, -0.05) is 18.2 Å². The second-order valence-electron chi connectivity index (χ2n) is 2.58. The van der Waals surface area contributed by atoms with E-state index in [1.165, 1.54) is 0 Å². The van der Waals surface area contributed by atoms with Gasteiger partial charge in [0.05, 0.1) is 0 Å². The van der Waals surface area contributed by atoms with Crippen LogP contribution in [0.1, 0.15) is 12.8 Å². The van der Waals surface area contributed by atoms with Crippen LogP contribution >= 0.6 is 0 Å². The summed E-state index contributed by atoms with van der Waals surface area (Å²) < 4.78 is 4.86. The Morgan fingerprint density at radius 1 is 1.67 bits per heavy atom. The summed E-state index contributed by atoms with van der Waals surface area (Å²) in [4.78, 5) is 10.7. The average Bonchev–Trinajstić information content (AvgIpc) is 2.16. The number of rotatable bonds is 2. The Bertz CT molecular complexity index is 219. The molecule has 0 unspecified atom stereocenters. The van der Waals surface area contributed by atoms with Crippen molar-refractivity contribution in [2.45, 2.75) is 12.8 Å². The van der Waals surface area contributed by atoms with Crippen molar-refractivity contribution in [1.82, 2.24) is 5.32 Å². The molecule has 0 aliphatic heterocycles. The van der Waals surface area contributed by atoms with Crippen LogP contribution in [0.3, 0.4) is 0 Å². The van der Waals surface area contributed by atoms with Gasteiger partial charge in [-0.3, -0.25) is 0 Å². The third-order valence-corrected chi connectivity index (χ3v) is 1.65. The largest absolute Gasteiger partial charge is 0.445 e. The third-order valence-electron chi connectivity index (χ3n) is 1.65. The monoisotopic (exact) mass is 167 g/mol. The zero-order valence-electron chi connectivity index (χ0n) is 7.17. The lowest BCUT2D eigenvalue weighted by Gasteiger charge is -2.07. The number of hydrogen-bond acceptors (Lipinski definition) is 2. The van der Waals surface area contributed by atoms with E-state index in [0.29, 0.717) is 6.61 Å². The molecular formula is C9H13NO2. The highest BCUT2D eigenvalue weighted by atomic mass is 16.5. The fourth-order valence-electron chi connectivity index (χ4n) is 0.996. The summed E-state index contributed by atoms with van der Waals surface area (Å²) in [7, 11) is 1.55. The molecule has 66 valence electrons. The molecule has 1 rings (SSSR count). The fourth-order valence-corrected chi connectivity index (χ4v) is 0.996. The predicted octanol–water partition coefficient (Wildman–Crippen LogP) is 1.62. The summed E-state index contributed by atoms with van der Waals surface area (Å²) in [5.74, 6) is 0. The van der Waals surface area contributed by atoms with Gasteiger partial charge in [0.2, 0.25) is 0 Å². The van der Waals surface area contributed by atoms with Crippen LogP contribution in [0.4, 0.5) is 4.79 Å². The Hall–Kier alpha value is -1.25. The number of carbonyl (C=O) groups excluding carboxylic acids is 1. The Labute approximate surface area is 72.1 Å². The minimum absolute atomic E-state index is 0.371. The van der Waals surface area contributed by atoms with E-state index in [9.17, 15) is 4.79 Å². The Kier molecular flexibility index (Phi) is 3.38. The van der Waals surface area contributed by atoms with Crippen molar-refractivity contribution in [2.24, 2.45) is 0 Å². The van der Waals surface area contributed by atoms with Crippen LogP contribution in [0, 0.1) is 0 Å². The molecule has 1 aliphatic rings. The molecule has 0 radical (unpaired) electrons. The molecule has 0 bridgehead atoms. The SMILES string of the molecule is CNC(=O)OCC1=CCCC=C1. The molecule has 0 atom stereocenters. The smallest absolute Gasteiger partial charge is 0.407 e. The fraction of sp³-hybridized carbons (Fsp3) is 0.444. The molecule has 3 heteroatoms. The van der Waals surface area contributed by atoms with Crippen molar-refractivity contribution < 1.29 is 9.53 Å². The highest BCUT2D eigenvalue weighted by Crippen LogP contribution is 2.09. The molecule has 0 aromatic rings. The molecule has 3 nitrogen and oxygen atoms in total. The second-order valence-corrected chi connectivity index (χ2v) is 2.58. The van der Waals surface area contributed by atoms with Crippen molar-refractivity contribution in [3.63, 3.8) is 0 Å². The molecular weight excluding hydrogens is 154 g/mol.